The third-order valence-electron chi connectivity index (χ3n) is 2.52. The van der Waals surface area contributed by atoms with Gasteiger partial charge in [0.25, 0.3) is 11.6 Å². The van der Waals surface area contributed by atoms with Crippen LogP contribution in [0.15, 0.2) is 24.5 Å². The van der Waals surface area contributed by atoms with E-state index in [1.54, 1.807) is 0 Å². The Morgan fingerprint density at radius 3 is 2.95 bits per heavy atom. The first-order valence-electron chi connectivity index (χ1n) is 5.56. The molecule has 2 aromatic rings. The fourth-order valence-corrected chi connectivity index (χ4v) is 1.56. The van der Waals surface area contributed by atoms with Gasteiger partial charge in [-0.25, -0.2) is 4.98 Å². The normalized spacial score (nSPS) is 10.1. The minimum atomic E-state index is -0.577. The first-order valence-corrected chi connectivity index (χ1v) is 5.56. The number of nitrogens with one attached hydrogen (secondary N) is 2. The summed E-state index contributed by atoms with van der Waals surface area (Å²) < 4.78 is 5.02. The minimum Gasteiger partial charge on any atom is -0.496 e. The lowest BCUT2D eigenvalue weighted by molar-refractivity contribution is -0.384. The highest BCUT2D eigenvalue weighted by atomic mass is 16.6. The second-order valence-corrected chi connectivity index (χ2v) is 3.76. The van der Waals surface area contributed by atoms with Crippen LogP contribution in [-0.2, 0) is 6.54 Å². The summed E-state index contributed by atoms with van der Waals surface area (Å²) in [5.74, 6) is 0.232. The number of nitro benzene ring substituents is 1. The summed E-state index contributed by atoms with van der Waals surface area (Å²) in [5, 5.41) is 19.5. The molecule has 1 heterocycles. The second-order valence-electron chi connectivity index (χ2n) is 3.76. The van der Waals surface area contributed by atoms with Crippen LogP contribution in [0, 0.1) is 10.1 Å². The summed E-state index contributed by atoms with van der Waals surface area (Å²) in [5.41, 5.74) is -0.100. The van der Waals surface area contributed by atoms with Gasteiger partial charge in [-0.2, -0.15) is 5.10 Å². The van der Waals surface area contributed by atoms with Crippen LogP contribution in [0.5, 0.6) is 5.75 Å². The zero-order valence-corrected chi connectivity index (χ0v) is 10.5. The Kier molecular flexibility index (Phi) is 3.89. The van der Waals surface area contributed by atoms with Crippen molar-refractivity contribution >= 4 is 11.6 Å². The number of hydrogen-bond acceptors (Lipinski definition) is 6. The van der Waals surface area contributed by atoms with Crippen molar-refractivity contribution < 1.29 is 14.5 Å². The molecule has 0 atom stereocenters. The third kappa shape index (κ3) is 2.88. The number of non-ortho nitro benzene ring substituents is 1. The SMILES string of the molecule is COc1ccc([N+](=O)[O-])cc1C(=O)NCc1ncn[nH]1. The molecule has 0 saturated heterocycles. The van der Waals surface area contributed by atoms with E-state index in [0.29, 0.717) is 5.82 Å². The maximum Gasteiger partial charge on any atom is 0.270 e. The molecule has 0 bridgehead atoms. The number of aromatic nitrogens is 3. The van der Waals surface area contributed by atoms with Gasteiger partial charge in [-0.3, -0.25) is 20.0 Å². The molecule has 9 nitrogen and oxygen atoms in total. The van der Waals surface area contributed by atoms with Crippen LogP contribution in [0.25, 0.3) is 0 Å². The molecule has 0 aliphatic heterocycles. The van der Waals surface area contributed by atoms with E-state index in [0.717, 1.165) is 6.07 Å². The molecule has 0 aliphatic carbocycles. The Bertz CT molecular complexity index is 626. The van der Waals surface area contributed by atoms with E-state index in [1.165, 1.54) is 25.6 Å². The number of ether oxygens (including phenoxy) is 1. The number of carbonyl (C=O) groups excluding carboxylic acids is 1. The largest absolute Gasteiger partial charge is 0.496 e. The standard InChI is InChI=1S/C11H11N5O4/c1-20-9-3-2-7(16(18)19)4-8(9)11(17)12-5-10-13-6-14-15-10/h2-4,6H,5H2,1H3,(H,12,17)(H,13,14,15). The van der Waals surface area contributed by atoms with Crippen molar-refractivity contribution in [3.63, 3.8) is 0 Å². The molecular weight excluding hydrogens is 266 g/mol. The number of benzene rings is 1. The molecule has 0 saturated carbocycles. The highest BCUT2D eigenvalue weighted by Crippen LogP contribution is 2.23. The van der Waals surface area contributed by atoms with Crippen molar-refractivity contribution in [1.29, 1.82) is 0 Å². The van der Waals surface area contributed by atoms with Crippen LogP contribution in [0.1, 0.15) is 16.2 Å². The molecule has 104 valence electrons. The number of aromatic amines is 1. The predicted molar refractivity (Wildman–Crippen MR) is 67.2 cm³/mol. The number of carbonyl (C=O) groups is 1. The third-order valence-corrected chi connectivity index (χ3v) is 2.52. The van der Waals surface area contributed by atoms with Gasteiger partial charge in [-0.05, 0) is 6.07 Å². The number of H-pyrrole nitrogens is 1. The van der Waals surface area contributed by atoms with Crippen molar-refractivity contribution in [2.45, 2.75) is 6.54 Å². The summed E-state index contributed by atoms with van der Waals surface area (Å²) >= 11 is 0. The molecule has 9 heteroatoms. The Labute approximate surface area is 113 Å². The van der Waals surface area contributed by atoms with E-state index in [2.05, 4.69) is 20.5 Å². The minimum absolute atomic E-state index is 0.0845. The molecule has 2 rings (SSSR count). The predicted octanol–water partition coefficient (Wildman–Crippen LogP) is 0.651. The Morgan fingerprint density at radius 1 is 1.55 bits per heavy atom. The summed E-state index contributed by atoms with van der Waals surface area (Å²) in [6.45, 7) is 0.130. The molecule has 1 aromatic carbocycles. The van der Waals surface area contributed by atoms with Gasteiger partial charge in [0.15, 0.2) is 0 Å². The number of amides is 1. The van der Waals surface area contributed by atoms with Gasteiger partial charge in [0.2, 0.25) is 0 Å². The maximum atomic E-state index is 12.0. The highest BCUT2D eigenvalue weighted by Gasteiger charge is 2.17. The lowest BCUT2D eigenvalue weighted by Gasteiger charge is -2.08. The molecule has 0 unspecified atom stereocenters. The molecule has 0 spiro atoms. The van der Waals surface area contributed by atoms with Gasteiger partial charge in [0.1, 0.15) is 17.9 Å². The van der Waals surface area contributed by atoms with E-state index < -0.39 is 10.8 Å². The van der Waals surface area contributed by atoms with Gasteiger partial charge < -0.3 is 10.1 Å². The quantitative estimate of drug-likeness (QED) is 0.611. The van der Waals surface area contributed by atoms with Crippen LogP contribution in [-0.4, -0.2) is 33.1 Å². The summed E-state index contributed by atoms with van der Waals surface area (Å²) in [4.78, 5) is 26.0. The van der Waals surface area contributed by atoms with E-state index in [9.17, 15) is 14.9 Å². The number of hydrogen-bond donors (Lipinski definition) is 2. The van der Waals surface area contributed by atoms with E-state index in [1.807, 2.05) is 0 Å². The fourth-order valence-electron chi connectivity index (χ4n) is 1.56. The van der Waals surface area contributed by atoms with Crippen LogP contribution < -0.4 is 10.1 Å². The molecule has 0 aliphatic rings. The number of nitro groups is 1. The molecular formula is C11H11N5O4. The van der Waals surface area contributed by atoms with Crippen molar-refractivity contribution in [2.75, 3.05) is 7.11 Å². The van der Waals surface area contributed by atoms with Crippen molar-refractivity contribution in [2.24, 2.45) is 0 Å². The first kappa shape index (κ1) is 13.5. The molecule has 0 fully saturated rings. The van der Waals surface area contributed by atoms with Crippen molar-refractivity contribution in [3.05, 3.63) is 46.0 Å². The summed E-state index contributed by atoms with van der Waals surface area (Å²) in [6, 6.07) is 3.81. The highest BCUT2D eigenvalue weighted by molar-refractivity contribution is 5.97. The van der Waals surface area contributed by atoms with Crippen LogP contribution in [0.2, 0.25) is 0 Å². The number of rotatable bonds is 5. The first-order chi connectivity index (χ1) is 9.61. The fraction of sp³-hybridized carbons (Fsp3) is 0.182. The topological polar surface area (TPSA) is 123 Å². The Balaban J connectivity index is 2.18. The maximum absolute atomic E-state index is 12.0. The van der Waals surface area contributed by atoms with Crippen LogP contribution in [0.3, 0.4) is 0 Å². The van der Waals surface area contributed by atoms with Crippen LogP contribution >= 0.6 is 0 Å². The van der Waals surface area contributed by atoms with E-state index in [4.69, 9.17) is 4.74 Å². The molecule has 0 radical (unpaired) electrons. The van der Waals surface area contributed by atoms with Gasteiger partial charge >= 0.3 is 0 Å². The molecule has 20 heavy (non-hydrogen) atoms. The van der Waals surface area contributed by atoms with Crippen molar-refractivity contribution in [3.8, 4) is 5.75 Å². The van der Waals surface area contributed by atoms with Gasteiger partial charge in [0.05, 0.1) is 24.1 Å². The summed E-state index contributed by atoms with van der Waals surface area (Å²) in [7, 11) is 1.38. The molecule has 1 amide bonds. The Hall–Kier alpha value is -2.97. The van der Waals surface area contributed by atoms with Gasteiger partial charge in [-0.1, -0.05) is 0 Å². The lowest BCUT2D eigenvalue weighted by Crippen LogP contribution is -2.24. The van der Waals surface area contributed by atoms with Crippen LogP contribution in [0.4, 0.5) is 5.69 Å². The zero-order chi connectivity index (χ0) is 14.5. The number of methoxy groups -OCH3 is 1. The van der Waals surface area contributed by atoms with E-state index >= 15 is 0 Å². The molecule has 1 aromatic heterocycles. The second kappa shape index (κ2) is 5.78. The molecule has 2 N–H and O–H groups in total. The smallest absolute Gasteiger partial charge is 0.270 e. The van der Waals surface area contributed by atoms with Gasteiger partial charge in [-0.15, -0.1) is 0 Å². The Morgan fingerprint density at radius 2 is 2.35 bits per heavy atom. The number of nitrogens with zero attached hydrogens (tertiary/aromatic N) is 3. The lowest BCUT2D eigenvalue weighted by atomic mass is 10.1. The average molecular weight is 277 g/mol. The van der Waals surface area contributed by atoms with Crippen molar-refractivity contribution in [1.82, 2.24) is 20.5 Å². The monoisotopic (exact) mass is 277 g/mol. The van der Waals surface area contributed by atoms with E-state index in [-0.39, 0.29) is 23.5 Å². The zero-order valence-electron chi connectivity index (χ0n) is 10.5. The summed E-state index contributed by atoms with van der Waals surface area (Å²) in [6.07, 6.45) is 1.31. The van der Waals surface area contributed by atoms with Gasteiger partial charge in [0, 0.05) is 12.1 Å². The average Bonchev–Trinajstić information content (AvgIpc) is 2.97.